The Morgan fingerprint density at radius 3 is 2.92 bits per heavy atom. The minimum atomic E-state index is -4.20. The van der Waals surface area contributed by atoms with Crippen LogP contribution < -0.4 is 5.32 Å². The molecule has 25 heavy (non-hydrogen) atoms. The Morgan fingerprint density at radius 2 is 2.20 bits per heavy atom. The zero-order chi connectivity index (χ0) is 17.9. The maximum absolute atomic E-state index is 12.8. The maximum atomic E-state index is 12.8. The molecule has 1 aliphatic rings. The second kappa shape index (κ2) is 7.28. The van der Waals surface area contributed by atoms with E-state index in [4.69, 9.17) is 8.94 Å². The second-order valence-electron chi connectivity index (χ2n) is 6.16. The second-order valence-corrected chi connectivity index (χ2v) is 6.16. The molecule has 6 nitrogen and oxygen atoms in total. The summed E-state index contributed by atoms with van der Waals surface area (Å²) in [6, 6.07) is 2.94. The van der Waals surface area contributed by atoms with Crippen LogP contribution in [-0.2, 0) is 11.2 Å². The van der Waals surface area contributed by atoms with Gasteiger partial charge in [0, 0.05) is 18.9 Å². The highest BCUT2D eigenvalue weighted by Gasteiger charge is 2.42. The molecule has 0 aliphatic heterocycles. The van der Waals surface area contributed by atoms with Gasteiger partial charge in [0.25, 0.3) is 0 Å². The first kappa shape index (κ1) is 17.5. The molecule has 3 rings (SSSR count). The average Bonchev–Trinajstić information content (AvgIpc) is 3.24. The Bertz CT molecular complexity index is 697. The van der Waals surface area contributed by atoms with Gasteiger partial charge < -0.3 is 14.3 Å². The van der Waals surface area contributed by atoms with Gasteiger partial charge in [-0.15, -0.1) is 0 Å². The molecular weight excluding hydrogens is 339 g/mol. The summed E-state index contributed by atoms with van der Waals surface area (Å²) in [4.78, 5) is 16.1. The van der Waals surface area contributed by atoms with E-state index in [0.717, 1.165) is 0 Å². The summed E-state index contributed by atoms with van der Waals surface area (Å²) in [5, 5.41) is 6.43. The molecule has 0 bridgehead atoms. The van der Waals surface area contributed by atoms with Gasteiger partial charge in [-0.2, -0.15) is 18.2 Å². The molecule has 0 radical (unpaired) electrons. The number of carbonyl (C=O) groups excluding carboxylic acids is 1. The molecule has 0 spiro atoms. The molecule has 0 saturated heterocycles. The largest absolute Gasteiger partial charge is 0.461 e. The third-order valence-electron chi connectivity index (χ3n) is 4.28. The number of rotatable bonds is 5. The van der Waals surface area contributed by atoms with E-state index in [1.54, 1.807) is 12.1 Å². The molecule has 2 atom stereocenters. The summed E-state index contributed by atoms with van der Waals surface area (Å²) < 4.78 is 48.6. The Labute approximate surface area is 141 Å². The highest BCUT2D eigenvalue weighted by Crippen LogP contribution is 2.37. The summed E-state index contributed by atoms with van der Waals surface area (Å²) in [5.74, 6) is -0.622. The minimum Gasteiger partial charge on any atom is -0.461 e. The topological polar surface area (TPSA) is 81.2 Å². The lowest BCUT2D eigenvalue weighted by atomic mass is 9.85. The SMILES string of the molecule is O=C(CCc1nc(-c2ccco2)no1)NC1CCCC(C(F)(F)F)C1. The predicted octanol–water partition coefficient (Wildman–Crippen LogP) is 3.50. The number of carbonyl (C=O) groups is 1. The van der Waals surface area contributed by atoms with Crippen LogP contribution in [0.1, 0.15) is 38.0 Å². The van der Waals surface area contributed by atoms with E-state index >= 15 is 0 Å². The average molecular weight is 357 g/mol. The van der Waals surface area contributed by atoms with Gasteiger partial charge in [0.05, 0.1) is 12.2 Å². The lowest BCUT2D eigenvalue weighted by molar-refractivity contribution is -0.184. The smallest absolute Gasteiger partial charge is 0.391 e. The summed E-state index contributed by atoms with van der Waals surface area (Å²) in [6.07, 6.45) is -1.31. The lowest BCUT2D eigenvalue weighted by Crippen LogP contribution is -2.41. The molecule has 1 aliphatic carbocycles. The Morgan fingerprint density at radius 1 is 1.36 bits per heavy atom. The van der Waals surface area contributed by atoms with Crippen molar-refractivity contribution in [3.8, 4) is 11.6 Å². The third kappa shape index (κ3) is 4.61. The number of hydrogen-bond donors (Lipinski definition) is 1. The van der Waals surface area contributed by atoms with Crippen LogP contribution in [0.25, 0.3) is 11.6 Å². The van der Waals surface area contributed by atoms with E-state index < -0.39 is 18.1 Å². The van der Waals surface area contributed by atoms with Gasteiger partial charge in [0.2, 0.25) is 17.6 Å². The van der Waals surface area contributed by atoms with Crippen molar-refractivity contribution in [2.45, 2.75) is 50.7 Å². The van der Waals surface area contributed by atoms with E-state index in [1.807, 2.05) is 0 Å². The number of hydrogen-bond acceptors (Lipinski definition) is 5. The molecule has 1 N–H and O–H groups in total. The standard InChI is InChI=1S/C16H18F3N3O3/c17-16(18,19)10-3-1-4-11(9-10)20-13(23)6-7-14-21-15(22-25-14)12-5-2-8-24-12/h2,5,8,10-11H,1,3-4,6-7,9H2,(H,20,23). The van der Waals surface area contributed by atoms with Gasteiger partial charge in [-0.05, 0) is 31.4 Å². The van der Waals surface area contributed by atoms with Gasteiger partial charge in [-0.25, -0.2) is 0 Å². The fourth-order valence-electron chi connectivity index (χ4n) is 3.00. The number of furan rings is 1. The highest BCUT2D eigenvalue weighted by molar-refractivity contribution is 5.76. The molecule has 136 valence electrons. The van der Waals surface area contributed by atoms with Crippen molar-refractivity contribution in [3.63, 3.8) is 0 Å². The first-order chi connectivity index (χ1) is 11.9. The zero-order valence-electron chi connectivity index (χ0n) is 13.4. The van der Waals surface area contributed by atoms with Crippen LogP contribution in [-0.4, -0.2) is 28.3 Å². The lowest BCUT2D eigenvalue weighted by Gasteiger charge is -2.31. The normalized spacial score (nSPS) is 21.2. The number of alkyl halides is 3. The van der Waals surface area contributed by atoms with Crippen molar-refractivity contribution < 1.29 is 26.9 Å². The number of aryl methyl sites for hydroxylation is 1. The predicted molar refractivity (Wildman–Crippen MR) is 80.3 cm³/mol. The van der Waals surface area contributed by atoms with Crippen molar-refractivity contribution in [3.05, 3.63) is 24.3 Å². The van der Waals surface area contributed by atoms with E-state index in [9.17, 15) is 18.0 Å². The number of nitrogens with one attached hydrogen (secondary N) is 1. The Kier molecular flexibility index (Phi) is 5.10. The summed E-state index contributed by atoms with van der Waals surface area (Å²) in [5.41, 5.74) is 0. The van der Waals surface area contributed by atoms with Crippen molar-refractivity contribution in [2.75, 3.05) is 0 Å². The van der Waals surface area contributed by atoms with Crippen LogP contribution in [0.2, 0.25) is 0 Å². The summed E-state index contributed by atoms with van der Waals surface area (Å²) in [6.45, 7) is 0. The molecule has 2 aromatic rings. The molecule has 2 aromatic heterocycles. The van der Waals surface area contributed by atoms with Crippen molar-refractivity contribution in [1.82, 2.24) is 15.5 Å². The van der Waals surface area contributed by atoms with Crippen LogP contribution in [0.5, 0.6) is 0 Å². The Hall–Kier alpha value is -2.32. The number of aromatic nitrogens is 2. The molecule has 1 fully saturated rings. The quantitative estimate of drug-likeness (QED) is 0.886. The van der Waals surface area contributed by atoms with Gasteiger partial charge >= 0.3 is 6.18 Å². The van der Waals surface area contributed by atoms with Gasteiger partial charge in [0.1, 0.15) is 0 Å². The molecule has 9 heteroatoms. The first-order valence-corrected chi connectivity index (χ1v) is 8.14. The van der Waals surface area contributed by atoms with Crippen molar-refractivity contribution in [1.29, 1.82) is 0 Å². The van der Waals surface area contributed by atoms with E-state index in [0.29, 0.717) is 24.4 Å². The first-order valence-electron chi connectivity index (χ1n) is 8.14. The monoisotopic (exact) mass is 357 g/mol. The van der Waals surface area contributed by atoms with Crippen LogP contribution >= 0.6 is 0 Å². The third-order valence-corrected chi connectivity index (χ3v) is 4.28. The molecule has 1 saturated carbocycles. The number of halogens is 3. The van der Waals surface area contributed by atoms with Crippen LogP contribution in [0, 0.1) is 5.92 Å². The number of amides is 1. The van der Waals surface area contributed by atoms with E-state index in [1.165, 1.54) is 6.26 Å². The van der Waals surface area contributed by atoms with Crippen molar-refractivity contribution >= 4 is 5.91 Å². The maximum Gasteiger partial charge on any atom is 0.391 e. The number of nitrogens with zero attached hydrogens (tertiary/aromatic N) is 2. The van der Waals surface area contributed by atoms with Crippen LogP contribution in [0.15, 0.2) is 27.3 Å². The fourth-order valence-corrected chi connectivity index (χ4v) is 3.00. The van der Waals surface area contributed by atoms with Crippen molar-refractivity contribution in [2.24, 2.45) is 5.92 Å². The fraction of sp³-hybridized carbons (Fsp3) is 0.562. The summed E-state index contributed by atoms with van der Waals surface area (Å²) in [7, 11) is 0. The van der Waals surface area contributed by atoms with Crippen LogP contribution in [0.3, 0.4) is 0 Å². The van der Waals surface area contributed by atoms with Gasteiger partial charge in [-0.3, -0.25) is 4.79 Å². The van der Waals surface area contributed by atoms with E-state index in [-0.39, 0.29) is 37.5 Å². The highest BCUT2D eigenvalue weighted by atomic mass is 19.4. The zero-order valence-corrected chi connectivity index (χ0v) is 13.4. The van der Waals surface area contributed by atoms with Gasteiger partial charge in [0.15, 0.2) is 5.76 Å². The Balaban J connectivity index is 1.47. The molecular formula is C16H18F3N3O3. The molecule has 0 aromatic carbocycles. The molecule has 2 heterocycles. The summed E-state index contributed by atoms with van der Waals surface area (Å²) >= 11 is 0. The minimum absolute atomic E-state index is 0.0571. The molecule has 1 amide bonds. The van der Waals surface area contributed by atoms with E-state index in [2.05, 4.69) is 15.5 Å². The van der Waals surface area contributed by atoms with Gasteiger partial charge in [-0.1, -0.05) is 11.6 Å². The molecule has 2 unspecified atom stereocenters. The van der Waals surface area contributed by atoms with Crippen LogP contribution in [0.4, 0.5) is 13.2 Å².